The van der Waals surface area contributed by atoms with Crippen LogP contribution in [0.4, 0.5) is 5.69 Å². The van der Waals surface area contributed by atoms with E-state index in [9.17, 15) is 4.79 Å². The molecule has 1 atom stereocenters. The summed E-state index contributed by atoms with van der Waals surface area (Å²) in [4.78, 5) is 14.2. The number of nitrogens with one attached hydrogen (secondary N) is 1. The average Bonchev–Trinajstić information content (AvgIpc) is 2.87. The summed E-state index contributed by atoms with van der Waals surface area (Å²) in [5.41, 5.74) is 1.47. The molecule has 4 nitrogen and oxygen atoms in total. The average molecular weight is 262 g/mol. The number of carbonyl (C=O) groups excluding carboxylic acids is 1. The molecule has 1 aliphatic rings. The number of esters is 1. The maximum atomic E-state index is 11.7. The molecular weight excluding hydrogens is 240 g/mol. The van der Waals surface area contributed by atoms with E-state index in [-0.39, 0.29) is 5.97 Å². The van der Waals surface area contributed by atoms with Gasteiger partial charge < -0.3 is 10.1 Å². The lowest BCUT2D eigenvalue weighted by Gasteiger charge is -2.21. The largest absolute Gasteiger partial charge is 0.465 e. The van der Waals surface area contributed by atoms with Crippen LogP contribution in [0.15, 0.2) is 24.3 Å². The molecule has 1 unspecified atom stereocenters. The molecule has 0 radical (unpaired) electrons. The predicted octanol–water partition coefficient (Wildman–Crippen LogP) is 2.37. The minimum absolute atomic E-state index is 0.290. The molecule has 1 heterocycles. The molecular formula is C15H22N2O2. The van der Waals surface area contributed by atoms with Crippen LogP contribution in [0, 0.1) is 0 Å². The van der Waals surface area contributed by atoms with Crippen molar-refractivity contribution < 1.29 is 9.53 Å². The van der Waals surface area contributed by atoms with Crippen molar-refractivity contribution >= 4 is 11.7 Å². The van der Waals surface area contributed by atoms with Crippen LogP contribution < -0.4 is 5.32 Å². The SMILES string of the molecule is COC(=O)c1ccccc1NC1CCN(C(C)C)C1. The Hall–Kier alpha value is -1.55. The van der Waals surface area contributed by atoms with Gasteiger partial charge in [0.25, 0.3) is 0 Å². The van der Waals surface area contributed by atoms with Gasteiger partial charge in [0.05, 0.1) is 12.7 Å². The highest BCUT2D eigenvalue weighted by molar-refractivity contribution is 5.95. The van der Waals surface area contributed by atoms with Crippen LogP contribution >= 0.6 is 0 Å². The van der Waals surface area contributed by atoms with Gasteiger partial charge in [-0.3, -0.25) is 4.90 Å². The highest BCUT2D eigenvalue weighted by atomic mass is 16.5. The Morgan fingerprint density at radius 1 is 1.42 bits per heavy atom. The van der Waals surface area contributed by atoms with Gasteiger partial charge >= 0.3 is 5.97 Å². The zero-order valence-electron chi connectivity index (χ0n) is 11.8. The maximum Gasteiger partial charge on any atom is 0.339 e. The van der Waals surface area contributed by atoms with Gasteiger partial charge in [-0.15, -0.1) is 0 Å². The summed E-state index contributed by atoms with van der Waals surface area (Å²) < 4.78 is 4.81. The predicted molar refractivity (Wildman–Crippen MR) is 76.5 cm³/mol. The van der Waals surface area contributed by atoms with E-state index < -0.39 is 0 Å². The van der Waals surface area contributed by atoms with Crippen molar-refractivity contribution in [1.82, 2.24) is 4.90 Å². The lowest BCUT2D eigenvalue weighted by Crippen LogP contribution is -2.31. The quantitative estimate of drug-likeness (QED) is 0.846. The highest BCUT2D eigenvalue weighted by Crippen LogP contribution is 2.21. The summed E-state index contributed by atoms with van der Waals surface area (Å²) in [6.45, 7) is 6.55. The maximum absolute atomic E-state index is 11.7. The second kappa shape index (κ2) is 6.06. The van der Waals surface area contributed by atoms with Crippen LogP contribution in [0.25, 0.3) is 0 Å². The van der Waals surface area contributed by atoms with Crippen molar-refractivity contribution in [2.24, 2.45) is 0 Å². The zero-order chi connectivity index (χ0) is 13.8. The number of hydrogen-bond donors (Lipinski definition) is 1. The lowest BCUT2D eigenvalue weighted by atomic mass is 10.1. The van der Waals surface area contributed by atoms with Crippen LogP contribution in [-0.4, -0.2) is 43.2 Å². The van der Waals surface area contributed by atoms with Crippen molar-refractivity contribution in [1.29, 1.82) is 0 Å². The van der Waals surface area contributed by atoms with Gasteiger partial charge in [0.15, 0.2) is 0 Å². The Morgan fingerprint density at radius 2 is 2.16 bits per heavy atom. The molecule has 0 amide bonds. The molecule has 1 aromatic rings. The fourth-order valence-electron chi connectivity index (χ4n) is 2.49. The van der Waals surface area contributed by atoms with E-state index in [1.54, 1.807) is 6.07 Å². The first kappa shape index (κ1) is 13.9. The molecule has 0 saturated carbocycles. The normalized spacial score (nSPS) is 19.7. The van der Waals surface area contributed by atoms with Crippen LogP contribution in [0.5, 0.6) is 0 Å². The molecule has 1 N–H and O–H groups in total. The first-order chi connectivity index (χ1) is 9.11. The Morgan fingerprint density at radius 3 is 2.79 bits per heavy atom. The van der Waals surface area contributed by atoms with E-state index in [4.69, 9.17) is 4.74 Å². The topological polar surface area (TPSA) is 41.6 Å². The van der Waals surface area contributed by atoms with Gasteiger partial charge in [-0.25, -0.2) is 4.79 Å². The first-order valence-corrected chi connectivity index (χ1v) is 6.79. The van der Waals surface area contributed by atoms with Crippen molar-refractivity contribution in [3.63, 3.8) is 0 Å². The molecule has 0 bridgehead atoms. The zero-order valence-corrected chi connectivity index (χ0v) is 11.8. The Bertz CT molecular complexity index is 446. The molecule has 1 aliphatic heterocycles. The lowest BCUT2D eigenvalue weighted by molar-refractivity contribution is 0.0602. The molecule has 0 aliphatic carbocycles. The van der Waals surface area contributed by atoms with Gasteiger partial charge in [-0.05, 0) is 32.4 Å². The number of rotatable bonds is 4. The molecule has 0 spiro atoms. The number of methoxy groups -OCH3 is 1. The van der Waals surface area contributed by atoms with E-state index in [1.165, 1.54) is 7.11 Å². The van der Waals surface area contributed by atoms with Crippen LogP contribution in [0.2, 0.25) is 0 Å². The summed E-state index contributed by atoms with van der Waals surface area (Å²) in [5, 5.41) is 3.47. The third kappa shape index (κ3) is 3.26. The van der Waals surface area contributed by atoms with E-state index in [2.05, 4.69) is 24.1 Å². The second-order valence-corrected chi connectivity index (χ2v) is 5.26. The monoisotopic (exact) mass is 262 g/mol. The number of para-hydroxylation sites is 1. The van der Waals surface area contributed by atoms with E-state index in [0.29, 0.717) is 17.6 Å². The van der Waals surface area contributed by atoms with Gasteiger partial charge in [-0.1, -0.05) is 12.1 Å². The number of benzene rings is 1. The Kier molecular flexibility index (Phi) is 4.43. The molecule has 2 rings (SSSR count). The number of ether oxygens (including phenoxy) is 1. The number of carbonyl (C=O) groups is 1. The Labute approximate surface area is 114 Å². The van der Waals surface area contributed by atoms with Gasteiger partial charge in [0, 0.05) is 30.9 Å². The molecule has 1 fully saturated rings. The summed E-state index contributed by atoms with van der Waals surface area (Å²) in [5.74, 6) is -0.290. The highest BCUT2D eigenvalue weighted by Gasteiger charge is 2.25. The van der Waals surface area contributed by atoms with Crippen LogP contribution in [-0.2, 0) is 4.74 Å². The molecule has 1 saturated heterocycles. The fourth-order valence-corrected chi connectivity index (χ4v) is 2.49. The van der Waals surface area contributed by atoms with Crippen molar-refractivity contribution in [2.45, 2.75) is 32.4 Å². The first-order valence-electron chi connectivity index (χ1n) is 6.79. The summed E-state index contributed by atoms with van der Waals surface area (Å²) in [6, 6.07) is 8.49. The van der Waals surface area contributed by atoms with Crippen molar-refractivity contribution in [3.05, 3.63) is 29.8 Å². The second-order valence-electron chi connectivity index (χ2n) is 5.26. The minimum atomic E-state index is -0.290. The van der Waals surface area contributed by atoms with E-state index >= 15 is 0 Å². The third-order valence-corrected chi connectivity index (χ3v) is 3.64. The Balaban J connectivity index is 2.06. The van der Waals surface area contributed by atoms with Crippen molar-refractivity contribution in [3.8, 4) is 0 Å². The van der Waals surface area contributed by atoms with E-state index in [1.807, 2.05) is 18.2 Å². The van der Waals surface area contributed by atoms with Gasteiger partial charge in [0.2, 0.25) is 0 Å². The number of nitrogens with zero attached hydrogens (tertiary/aromatic N) is 1. The van der Waals surface area contributed by atoms with Gasteiger partial charge in [-0.2, -0.15) is 0 Å². The smallest absolute Gasteiger partial charge is 0.339 e. The molecule has 19 heavy (non-hydrogen) atoms. The molecule has 1 aromatic carbocycles. The van der Waals surface area contributed by atoms with Gasteiger partial charge in [0.1, 0.15) is 0 Å². The van der Waals surface area contributed by atoms with Crippen LogP contribution in [0.3, 0.4) is 0 Å². The minimum Gasteiger partial charge on any atom is -0.465 e. The summed E-state index contributed by atoms with van der Waals surface area (Å²) >= 11 is 0. The third-order valence-electron chi connectivity index (χ3n) is 3.64. The standard InChI is InChI=1S/C15H22N2O2/c1-11(2)17-9-8-12(10-17)16-14-7-5-4-6-13(14)15(18)19-3/h4-7,11-12,16H,8-10H2,1-3H3. The molecule has 4 heteroatoms. The number of likely N-dealkylation sites (tertiary alicyclic amines) is 1. The number of hydrogen-bond acceptors (Lipinski definition) is 4. The van der Waals surface area contributed by atoms with Crippen molar-refractivity contribution in [2.75, 3.05) is 25.5 Å². The molecule has 0 aromatic heterocycles. The van der Waals surface area contributed by atoms with E-state index in [0.717, 1.165) is 25.2 Å². The summed E-state index contributed by atoms with van der Waals surface area (Å²) in [6.07, 6.45) is 1.10. The molecule has 104 valence electrons. The number of anilines is 1. The fraction of sp³-hybridized carbons (Fsp3) is 0.533. The van der Waals surface area contributed by atoms with Crippen LogP contribution in [0.1, 0.15) is 30.6 Å². The summed E-state index contributed by atoms with van der Waals surface area (Å²) in [7, 11) is 1.41.